The molecule has 2 aliphatic carbocycles. The van der Waals surface area contributed by atoms with Gasteiger partial charge in [-0.2, -0.15) is 0 Å². The number of nitrogens with one attached hydrogen (secondary N) is 1. The minimum Gasteiger partial charge on any atom is -0.298 e. The van der Waals surface area contributed by atoms with Crippen LogP contribution in [0.15, 0.2) is 72.3 Å². The van der Waals surface area contributed by atoms with E-state index in [1.807, 2.05) is 60.7 Å². The predicted molar refractivity (Wildman–Crippen MR) is 130 cm³/mol. The maximum Gasteiger partial charge on any atom is 0.193 e. The highest BCUT2D eigenvalue weighted by Crippen LogP contribution is 2.54. The minimum atomic E-state index is -3.13. The predicted octanol–water partition coefficient (Wildman–Crippen LogP) is 8.15. The van der Waals surface area contributed by atoms with Gasteiger partial charge in [-0.3, -0.25) is 9.65 Å². The van der Waals surface area contributed by atoms with Crippen LogP contribution in [0, 0.1) is 17.8 Å². The lowest BCUT2D eigenvalue weighted by Crippen LogP contribution is -2.33. The van der Waals surface area contributed by atoms with Crippen LogP contribution in [-0.4, -0.2) is 6.04 Å². The van der Waals surface area contributed by atoms with E-state index in [0.717, 1.165) is 23.0 Å². The SMILES string of the molecule is CC(NP(=O)(C=C(Cl)c1ccccc1)/C=C(/Cl)c1ccccc1)C1CC2CCC1C2. The summed E-state index contributed by atoms with van der Waals surface area (Å²) in [5.41, 5.74) is 1.69. The summed E-state index contributed by atoms with van der Waals surface area (Å²) in [7, 11) is -3.13. The molecule has 2 bridgehead atoms. The van der Waals surface area contributed by atoms with E-state index in [-0.39, 0.29) is 6.04 Å². The van der Waals surface area contributed by atoms with Crippen LogP contribution >= 0.6 is 30.5 Å². The van der Waals surface area contributed by atoms with Gasteiger partial charge >= 0.3 is 0 Å². The zero-order valence-electron chi connectivity index (χ0n) is 17.2. The number of hydrogen-bond acceptors (Lipinski definition) is 1. The maximum absolute atomic E-state index is 14.1. The molecule has 2 aromatic rings. The average molecular weight is 460 g/mol. The molecule has 2 saturated carbocycles. The van der Waals surface area contributed by atoms with Crippen LogP contribution < -0.4 is 5.09 Å². The summed E-state index contributed by atoms with van der Waals surface area (Å²) in [5, 5.41) is 4.40. The standard InChI is InChI=1S/C25H28Cl2NOP/c1-18(23-15-19-12-13-22(23)14-19)28-30(29,16-24(26)20-8-4-2-5-9-20)17-25(27)21-10-6-3-7-11-21/h2-11,16-19,22-23H,12-15H2,1H3,(H,28,29)/b24-16+,25-17?. The molecule has 0 radical (unpaired) electrons. The molecule has 158 valence electrons. The summed E-state index contributed by atoms with van der Waals surface area (Å²) < 4.78 is 14.1. The van der Waals surface area contributed by atoms with Crippen LogP contribution in [0.1, 0.15) is 43.7 Å². The van der Waals surface area contributed by atoms with Crippen LogP contribution in [0.4, 0.5) is 0 Å². The topological polar surface area (TPSA) is 29.1 Å². The average Bonchev–Trinajstić information content (AvgIpc) is 3.38. The largest absolute Gasteiger partial charge is 0.298 e. The Hall–Kier alpha value is -1.31. The minimum absolute atomic E-state index is 0.138. The molecule has 2 fully saturated rings. The first-order chi connectivity index (χ1) is 14.4. The summed E-state index contributed by atoms with van der Waals surface area (Å²) in [6.07, 6.45) is 5.20. The van der Waals surface area contributed by atoms with Crippen molar-refractivity contribution in [3.63, 3.8) is 0 Å². The van der Waals surface area contributed by atoms with Crippen LogP contribution in [0.25, 0.3) is 10.1 Å². The Morgan fingerprint density at radius 3 is 1.90 bits per heavy atom. The summed E-state index contributed by atoms with van der Waals surface area (Å²) in [4.78, 5) is 0. The lowest BCUT2D eigenvalue weighted by Gasteiger charge is -2.30. The molecule has 0 heterocycles. The molecule has 0 spiro atoms. The first-order valence-electron chi connectivity index (χ1n) is 10.7. The number of benzene rings is 2. The fourth-order valence-corrected chi connectivity index (χ4v) is 8.26. The van der Waals surface area contributed by atoms with Gasteiger partial charge in [-0.05, 0) is 55.1 Å². The van der Waals surface area contributed by atoms with Crippen molar-refractivity contribution in [1.82, 2.24) is 5.09 Å². The number of rotatable bonds is 7. The summed E-state index contributed by atoms with van der Waals surface area (Å²) in [6, 6.07) is 19.4. The van der Waals surface area contributed by atoms with Gasteiger partial charge in [0, 0.05) is 17.7 Å². The normalized spacial score (nSPS) is 27.1. The Kier molecular flexibility index (Phi) is 6.90. The molecule has 2 aliphatic rings. The quantitative estimate of drug-likeness (QED) is 0.423. The van der Waals surface area contributed by atoms with E-state index in [4.69, 9.17) is 23.2 Å². The molecule has 1 N–H and O–H groups in total. The Morgan fingerprint density at radius 1 is 0.933 bits per heavy atom. The van der Waals surface area contributed by atoms with Gasteiger partial charge < -0.3 is 0 Å². The number of fused-ring (bicyclic) bond motifs is 2. The third kappa shape index (κ3) is 5.11. The van der Waals surface area contributed by atoms with Gasteiger partial charge in [0.2, 0.25) is 0 Å². The summed E-state index contributed by atoms with van der Waals surface area (Å²) in [6.45, 7) is 2.16. The molecule has 2 nitrogen and oxygen atoms in total. The maximum atomic E-state index is 14.1. The van der Waals surface area contributed by atoms with E-state index < -0.39 is 7.29 Å². The summed E-state index contributed by atoms with van der Waals surface area (Å²) >= 11 is 13.2. The number of hydrogen-bond donors (Lipinski definition) is 1. The second-order valence-electron chi connectivity index (χ2n) is 8.65. The van der Waals surface area contributed by atoms with Gasteiger partial charge in [0.1, 0.15) is 0 Å². The van der Waals surface area contributed by atoms with Crippen molar-refractivity contribution in [1.29, 1.82) is 0 Å². The van der Waals surface area contributed by atoms with Crippen LogP contribution in [0.2, 0.25) is 0 Å². The third-order valence-electron chi connectivity index (χ3n) is 6.55. The zero-order chi connectivity index (χ0) is 21.1. The van der Waals surface area contributed by atoms with Crippen molar-refractivity contribution in [2.24, 2.45) is 17.8 Å². The fourth-order valence-electron chi connectivity index (χ4n) is 5.11. The van der Waals surface area contributed by atoms with Crippen LogP contribution in [-0.2, 0) is 4.57 Å². The molecule has 30 heavy (non-hydrogen) atoms. The van der Waals surface area contributed by atoms with Gasteiger partial charge in [0.25, 0.3) is 0 Å². The van der Waals surface area contributed by atoms with E-state index >= 15 is 0 Å². The van der Waals surface area contributed by atoms with Crippen molar-refractivity contribution in [2.75, 3.05) is 0 Å². The highest BCUT2D eigenvalue weighted by molar-refractivity contribution is 7.68. The molecule has 5 heteroatoms. The van der Waals surface area contributed by atoms with Crippen molar-refractivity contribution < 1.29 is 4.57 Å². The molecule has 0 aromatic heterocycles. The lowest BCUT2D eigenvalue weighted by atomic mass is 9.84. The van der Waals surface area contributed by atoms with E-state index in [1.54, 1.807) is 11.6 Å². The van der Waals surface area contributed by atoms with Gasteiger partial charge in [-0.25, -0.2) is 0 Å². The monoisotopic (exact) mass is 459 g/mol. The third-order valence-corrected chi connectivity index (χ3v) is 9.60. The molecule has 5 unspecified atom stereocenters. The lowest BCUT2D eigenvalue weighted by molar-refractivity contribution is 0.280. The Morgan fingerprint density at radius 2 is 1.47 bits per heavy atom. The summed E-state index contributed by atoms with van der Waals surface area (Å²) in [5.74, 6) is 5.48. The molecule has 2 aromatic carbocycles. The van der Waals surface area contributed by atoms with Crippen molar-refractivity contribution in [2.45, 2.75) is 38.6 Å². The van der Waals surface area contributed by atoms with Gasteiger partial charge in [0.05, 0.1) is 10.1 Å². The molecule has 0 amide bonds. The molecular weight excluding hydrogens is 432 g/mol. The Balaban J connectivity index is 1.64. The van der Waals surface area contributed by atoms with Crippen LogP contribution in [0.5, 0.6) is 0 Å². The second-order valence-corrected chi connectivity index (χ2v) is 11.7. The van der Waals surface area contributed by atoms with Gasteiger partial charge in [-0.15, -0.1) is 0 Å². The molecule has 4 rings (SSSR count). The van der Waals surface area contributed by atoms with Crippen molar-refractivity contribution in [3.05, 3.63) is 83.4 Å². The van der Waals surface area contributed by atoms with Gasteiger partial charge in [-0.1, -0.05) is 90.3 Å². The first-order valence-corrected chi connectivity index (χ1v) is 13.3. The molecule has 0 saturated heterocycles. The Bertz CT molecular complexity index is 914. The van der Waals surface area contributed by atoms with Crippen LogP contribution in [0.3, 0.4) is 0 Å². The van der Waals surface area contributed by atoms with Crippen molar-refractivity contribution in [3.8, 4) is 0 Å². The highest BCUT2D eigenvalue weighted by Gasteiger charge is 2.42. The smallest absolute Gasteiger partial charge is 0.193 e. The molecule has 5 atom stereocenters. The molecule has 0 aliphatic heterocycles. The number of halogens is 2. The highest BCUT2D eigenvalue weighted by atomic mass is 35.5. The van der Waals surface area contributed by atoms with E-state index in [1.165, 1.54) is 25.7 Å². The van der Waals surface area contributed by atoms with Crippen molar-refractivity contribution >= 4 is 40.6 Å². The first kappa shape index (κ1) is 21.9. The van der Waals surface area contributed by atoms with E-state index in [9.17, 15) is 4.57 Å². The fraction of sp³-hybridized carbons (Fsp3) is 0.360. The van der Waals surface area contributed by atoms with E-state index in [2.05, 4.69) is 12.0 Å². The Labute approximate surface area is 189 Å². The second kappa shape index (κ2) is 9.45. The van der Waals surface area contributed by atoms with E-state index in [0.29, 0.717) is 16.0 Å². The molecular formula is C25H28Cl2NOP. The zero-order valence-corrected chi connectivity index (χ0v) is 19.6. The van der Waals surface area contributed by atoms with Gasteiger partial charge in [0.15, 0.2) is 7.29 Å².